The molecule has 1 aromatic heterocycles. The molecule has 1 rings (SSSR count). The molecule has 0 saturated carbocycles. The van der Waals surface area contributed by atoms with Crippen LogP contribution in [0.15, 0.2) is 11.0 Å². The van der Waals surface area contributed by atoms with Gasteiger partial charge in [0.1, 0.15) is 5.02 Å². The van der Waals surface area contributed by atoms with Crippen LogP contribution in [0.3, 0.4) is 0 Å². The van der Waals surface area contributed by atoms with Crippen molar-refractivity contribution in [2.45, 2.75) is 52.6 Å². The molecule has 0 aromatic carbocycles. The van der Waals surface area contributed by atoms with Crippen molar-refractivity contribution in [3.8, 4) is 0 Å². The zero-order chi connectivity index (χ0) is 12.8. The summed E-state index contributed by atoms with van der Waals surface area (Å²) in [6.45, 7) is 6.65. The molecule has 0 radical (unpaired) electrons. The van der Waals surface area contributed by atoms with Crippen molar-refractivity contribution in [1.82, 2.24) is 9.78 Å². The van der Waals surface area contributed by atoms with Gasteiger partial charge < -0.3 is 5.32 Å². The molecular weight excluding hydrogens is 238 g/mol. The van der Waals surface area contributed by atoms with E-state index >= 15 is 0 Å². The lowest BCUT2D eigenvalue weighted by molar-refractivity contribution is 0.605. The summed E-state index contributed by atoms with van der Waals surface area (Å²) in [5, 5.41) is 7.58. The molecule has 0 aliphatic carbocycles. The van der Waals surface area contributed by atoms with E-state index in [1.165, 1.54) is 4.68 Å². The Morgan fingerprint density at radius 1 is 1.47 bits per heavy atom. The molecule has 1 unspecified atom stereocenters. The van der Waals surface area contributed by atoms with Gasteiger partial charge in [-0.3, -0.25) is 4.79 Å². The highest BCUT2D eigenvalue weighted by atomic mass is 35.5. The van der Waals surface area contributed by atoms with Crippen LogP contribution in [0.2, 0.25) is 5.02 Å². The maximum atomic E-state index is 11.8. The van der Waals surface area contributed by atoms with Gasteiger partial charge in [0.05, 0.1) is 11.9 Å². The van der Waals surface area contributed by atoms with E-state index in [0.717, 1.165) is 19.3 Å². The minimum Gasteiger partial charge on any atom is -0.380 e. The van der Waals surface area contributed by atoms with Gasteiger partial charge in [-0.2, -0.15) is 5.10 Å². The Hall–Kier alpha value is -1.03. The highest BCUT2D eigenvalue weighted by molar-refractivity contribution is 6.32. The lowest BCUT2D eigenvalue weighted by atomic mass is 10.1. The minimum absolute atomic E-state index is 0.231. The summed E-state index contributed by atoms with van der Waals surface area (Å²) in [7, 11) is 0. The number of aryl methyl sites for hydroxylation is 1. The number of nitrogens with zero attached hydrogens (tertiary/aromatic N) is 2. The molecule has 0 aliphatic heterocycles. The Labute approximate surface area is 107 Å². The van der Waals surface area contributed by atoms with Crippen molar-refractivity contribution in [1.29, 1.82) is 0 Å². The first-order valence-corrected chi connectivity index (χ1v) is 6.53. The maximum absolute atomic E-state index is 11.8. The molecule has 4 nitrogen and oxygen atoms in total. The first-order chi connectivity index (χ1) is 8.13. The molecule has 1 aromatic rings. The van der Waals surface area contributed by atoms with Gasteiger partial charge in [-0.25, -0.2) is 4.68 Å². The monoisotopic (exact) mass is 257 g/mol. The van der Waals surface area contributed by atoms with E-state index in [4.69, 9.17) is 11.6 Å². The van der Waals surface area contributed by atoms with Crippen molar-refractivity contribution in [3.63, 3.8) is 0 Å². The van der Waals surface area contributed by atoms with Crippen LogP contribution in [0.1, 0.15) is 40.0 Å². The van der Waals surface area contributed by atoms with Crippen LogP contribution in [-0.2, 0) is 6.54 Å². The van der Waals surface area contributed by atoms with Gasteiger partial charge in [-0.1, -0.05) is 31.9 Å². The highest BCUT2D eigenvalue weighted by Crippen LogP contribution is 2.18. The third-order valence-corrected chi connectivity index (χ3v) is 3.14. The van der Waals surface area contributed by atoms with Gasteiger partial charge in [0.15, 0.2) is 0 Å². The SMILES string of the molecule is CCCC(CC)Nc1cnn(CC)c(=O)c1Cl. The van der Waals surface area contributed by atoms with E-state index in [0.29, 0.717) is 18.3 Å². The number of anilines is 1. The lowest BCUT2D eigenvalue weighted by Crippen LogP contribution is -2.26. The predicted molar refractivity (Wildman–Crippen MR) is 71.8 cm³/mol. The first-order valence-electron chi connectivity index (χ1n) is 6.16. The summed E-state index contributed by atoms with van der Waals surface area (Å²) >= 11 is 6.04. The Balaban J connectivity index is 2.92. The summed E-state index contributed by atoms with van der Waals surface area (Å²) in [6, 6.07) is 0.344. The zero-order valence-corrected chi connectivity index (χ0v) is 11.4. The largest absolute Gasteiger partial charge is 0.380 e. The van der Waals surface area contributed by atoms with Crippen molar-refractivity contribution in [2.24, 2.45) is 0 Å². The molecule has 1 heterocycles. The van der Waals surface area contributed by atoms with Crippen molar-refractivity contribution < 1.29 is 0 Å². The standard InChI is InChI=1S/C12H20ClN3O/c1-4-7-9(5-2)15-10-8-14-16(6-3)12(17)11(10)13/h8-9,15H,4-7H2,1-3H3. The fourth-order valence-electron chi connectivity index (χ4n) is 1.74. The molecule has 0 saturated heterocycles. The van der Waals surface area contributed by atoms with Gasteiger partial charge in [-0.05, 0) is 19.8 Å². The van der Waals surface area contributed by atoms with Crippen LogP contribution >= 0.6 is 11.6 Å². The van der Waals surface area contributed by atoms with E-state index in [2.05, 4.69) is 24.3 Å². The van der Waals surface area contributed by atoms with Crippen LogP contribution in [0, 0.1) is 0 Å². The van der Waals surface area contributed by atoms with Crippen LogP contribution in [0.4, 0.5) is 5.69 Å². The molecule has 1 atom stereocenters. The van der Waals surface area contributed by atoms with Crippen LogP contribution in [0.25, 0.3) is 0 Å². The summed E-state index contributed by atoms with van der Waals surface area (Å²) < 4.78 is 1.36. The summed E-state index contributed by atoms with van der Waals surface area (Å²) in [5.41, 5.74) is 0.409. The molecular formula is C12H20ClN3O. The number of aromatic nitrogens is 2. The van der Waals surface area contributed by atoms with Gasteiger partial charge in [-0.15, -0.1) is 0 Å². The molecule has 0 amide bonds. The van der Waals surface area contributed by atoms with E-state index in [-0.39, 0.29) is 10.6 Å². The summed E-state index contributed by atoms with van der Waals surface area (Å²) in [5.74, 6) is 0. The highest BCUT2D eigenvalue weighted by Gasteiger charge is 2.11. The predicted octanol–water partition coefficient (Wildman–Crippen LogP) is 2.91. The van der Waals surface area contributed by atoms with Gasteiger partial charge >= 0.3 is 0 Å². The number of halogens is 1. The normalized spacial score (nSPS) is 12.5. The van der Waals surface area contributed by atoms with E-state index in [1.54, 1.807) is 6.20 Å². The molecule has 0 aliphatic rings. The average Bonchev–Trinajstić information content (AvgIpc) is 2.34. The van der Waals surface area contributed by atoms with Gasteiger partial charge in [0.25, 0.3) is 5.56 Å². The minimum atomic E-state index is -0.231. The smallest absolute Gasteiger partial charge is 0.287 e. The molecule has 1 N–H and O–H groups in total. The second kappa shape index (κ2) is 6.64. The average molecular weight is 258 g/mol. The van der Waals surface area contributed by atoms with Crippen molar-refractivity contribution in [2.75, 3.05) is 5.32 Å². The zero-order valence-electron chi connectivity index (χ0n) is 10.7. The summed E-state index contributed by atoms with van der Waals surface area (Å²) in [4.78, 5) is 11.8. The van der Waals surface area contributed by atoms with E-state index in [9.17, 15) is 4.79 Å². The quantitative estimate of drug-likeness (QED) is 0.852. The number of rotatable bonds is 6. The number of hydrogen-bond donors (Lipinski definition) is 1. The van der Waals surface area contributed by atoms with E-state index in [1.807, 2.05) is 6.92 Å². The van der Waals surface area contributed by atoms with Gasteiger partial charge in [0, 0.05) is 12.6 Å². The molecule has 5 heteroatoms. The number of hydrogen-bond acceptors (Lipinski definition) is 3. The first kappa shape index (κ1) is 14.0. The Morgan fingerprint density at radius 3 is 2.71 bits per heavy atom. The van der Waals surface area contributed by atoms with Crippen LogP contribution in [0.5, 0.6) is 0 Å². The Bertz CT molecular complexity index is 417. The van der Waals surface area contributed by atoms with Crippen LogP contribution < -0.4 is 10.9 Å². The Kier molecular flexibility index (Phi) is 5.48. The second-order valence-electron chi connectivity index (χ2n) is 4.03. The lowest BCUT2D eigenvalue weighted by Gasteiger charge is -2.18. The van der Waals surface area contributed by atoms with E-state index < -0.39 is 0 Å². The molecule has 0 spiro atoms. The van der Waals surface area contributed by atoms with Crippen molar-refractivity contribution in [3.05, 3.63) is 21.6 Å². The van der Waals surface area contributed by atoms with Crippen molar-refractivity contribution >= 4 is 17.3 Å². The fraction of sp³-hybridized carbons (Fsp3) is 0.667. The van der Waals surface area contributed by atoms with Gasteiger partial charge in [0.2, 0.25) is 0 Å². The summed E-state index contributed by atoms with van der Waals surface area (Å²) in [6.07, 6.45) is 4.79. The second-order valence-corrected chi connectivity index (χ2v) is 4.41. The molecule has 17 heavy (non-hydrogen) atoms. The maximum Gasteiger partial charge on any atom is 0.287 e. The Morgan fingerprint density at radius 2 is 2.18 bits per heavy atom. The fourth-order valence-corrected chi connectivity index (χ4v) is 1.94. The third kappa shape index (κ3) is 3.46. The molecule has 0 bridgehead atoms. The molecule has 96 valence electrons. The third-order valence-electron chi connectivity index (χ3n) is 2.77. The molecule has 0 fully saturated rings. The number of nitrogens with one attached hydrogen (secondary N) is 1. The topological polar surface area (TPSA) is 46.9 Å². The van der Waals surface area contributed by atoms with Crippen LogP contribution in [-0.4, -0.2) is 15.8 Å².